The number of aliphatic carboxylic acids is 1. The molecule has 0 aliphatic rings. The Morgan fingerprint density at radius 1 is 1.15 bits per heavy atom. The van der Waals surface area contributed by atoms with Gasteiger partial charge in [0, 0.05) is 28.8 Å². The topological polar surface area (TPSA) is 37.3 Å². The molecule has 0 saturated carbocycles. The molecule has 1 N–H and O–H groups in total. The van der Waals surface area contributed by atoms with Gasteiger partial charge in [0.1, 0.15) is 0 Å². The van der Waals surface area contributed by atoms with Gasteiger partial charge in [-0.25, -0.2) is 0 Å². The summed E-state index contributed by atoms with van der Waals surface area (Å²) in [7, 11) is 0. The summed E-state index contributed by atoms with van der Waals surface area (Å²) in [4.78, 5) is 10.2. The van der Waals surface area contributed by atoms with Gasteiger partial charge in [0.2, 0.25) is 0 Å². The molecule has 0 unspecified atom stereocenters. The third-order valence-corrected chi connectivity index (χ3v) is 1.82. The summed E-state index contributed by atoms with van der Waals surface area (Å²) in [5, 5.41) is 8.37. The van der Waals surface area contributed by atoms with E-state index in [0.717, 1.165) is 19.3 Å². The van der Waals surface area contributed by atoms with Gasteiger partial charge >= 0.3 is 5.97 Å². The smallest absolute Gasteiger partial charge is 0.303 e. The van der Waals surface area contributed by atoms with Crippen molar-refractivity contribution in [3.8, 4) is 0 Å². The van der Waals surface area contributed by atoms with Crippen LogP contribution in [0.2, 0.25) is 0 Å². The van der Waals surface area contributed by atoms with Crippen LogP contribution in [0, 0.1) is 5.41 Å². The largest absolute Gasteiger partial charge is 0.481 e. The molecule has 0 spiro atoms. The molecule has 0 atom stereocenters. The second-order valence-electron chi connectivity index (χ2n) is 4.52. The van der Waals surface area contributed by atoms with Crippen LogP contribution in [-0.4, -0.2) is 11.1 Å². The van der Waals surface area contributed by atoms with Crippen LogP contribution in [0.5, 0.6) is 0 Å². The molecule has 2 nitrogen and oxygen atoms in total. The van der Waals surface area contributed by atoms with E-state index in [0.29, 0.717) is 11.8 Å². The standard InChI is InChI=1S/C10H20O2.Ag/c1-10(2,3)8-6-4-5-7-9(11)12;/h4-8H2,1-3H3,(H,11,12);. The molecule has 1 radical (unpaired) electrons. The van der Waals surface area contributed by atoms with E-state index in [4.69, 9.17) is 5.11 Å². The van der Waals surface area contributed by atoms with Crippen molar-refractivity contribution < 1.29 is 32.3 Å². The van der Waals surface area contributed by atoms with Crippen molar-refractivity contribution >= 4 is 5.97 Å². The maximum atomic E-state index is 10.2. The zero-order chi connectivity index (χ0) is 9.61. The molecule has 0 heterocycles. The van der Waals surface area contributed by atoms with E-state index in [1.54, 1.807) is 0 Å². The Bertz CT molecular complexity index is 138. The van der Waals surface area contributed by atoms with Gasteiger partial charge in [-0.2, -0.15) is 0 Å². The fraction of sp³-hybridized carbons (Fsp3) is 0.900. The van der Waals surface area contributed by atoms with Gasteiger partial charge in [0.15, 0.2) is 0 Å². The van der Waals surface area contributed by atoms with Crippen molar-refractivity contribution in [3.05, 3.63) is 0 Å². The van der Waals surface area contributed by atoms with Crippen molar-refractivity contribution in [1.82, 2.24) is 0 Å². The van der Waals surface area contributed by atoms with Crippen molar-refractivity contribution in [2.75, 3.05) is 0 Å². The fourth-order valence-electron chi connectivity index (χ4n) is 1.11. The Morgan fingerprint density at radius 2 is 1.69 bits per heavy atom. The second kappa shape index (κ2) is 7.60. The van der Waals surface area contributed by atoms with Crippen molar-refractivity contribution in [2.45, 2.75) is 52.9 Å². The first-order valence-corrected chi connectivity index (χ1v) is 4.63. The molecule has 83 valence electrons. The number of carboxylic acid groups (broad SMARTS) is 1. The molecule has 0 bridgehead atoms. The molecule has 0 rings (SSSR count). The molecule has 0 fully saturated rings. The molecule has 0 amide bonds. The van der Waals surface area contributed by atoms with Gasteiger partial charge in [-0.15, -0.1) is 0 Å². The molecule has 13 heavy (non-hydrogen) atoms. The predicted octanol–water partition coefficient (Wildman–Crippen LogP) is 3.07. The van der Waals surface area contributed by atoms with E-state index in [9.17, 15) is 4.79 Å². The SMILES string of the molecule is CC(C)(C)CCCCCC(=O)O.[Ag]. The first-order valence-electron chi connectivity index (χ1n) is 4.63. The van der Waals surface area contributed by atoms with Crippen LogP contribution in [0.15, 0.2) is 0 Å². The van der Waals surface area contributed by atoms with E-state index in [1.165, 1.54) is 6.42 Å². The average Bonchev–Trinajstić information content (AvgIpc) is 1.83. The van der Waals surface area contributed by atoms with Gasteiger partial charge in [0.25, 0.3) is 0 Å². The van der Waals surface area contributed by atoms with Gasteiger partial charge in [0.05, 0.1) is 0 Å². The maximum Gasteiger partial charge on any atom is 0.303 e. The summed E-state index contributed by atoms with van der Waals surface area (Å²) in [5.74, 6) is -0.675. The Morgan fingerprint density at radius 3 is 2.08 bits per heavy atom. The minimum atomic E-state index is -0.675. The molecule has 0 aromatic heterocycles. The number of carboxylic acids is 1. The zero-order valence-electron chi connectivity index (χ0n) is 8.69. The van der Waals surface area contributed by atoms with Crippen LogP contribution in [0.25, 0.3) is 0 Å². The van der Waals surface area contributed by atoms with E-state index in [1.807, 2.05) is 0 Å². The quantitative estimate of drug-likeness (QED) is 0.620. The van der Waals surface area contributed by atoms with Crippen molar-refractivity contribution in [1.29, 1.82) is 0 Å². The number of unbranched alkanes of at least 4 members (excludes halogenated alkanes) is 2. The third-order valence-electron chi connectivity index (χ3n) is 1.82. The summed E-state index contributed by atoms with van der Waals surface area (Å²) in [6.07, 6.45) is 4.53. The number of hydrogen-bond acceptors (Lipinski definition) is 1. The van der Waals surface area contributed by atoms with Gasteiger partial charge in [-0.05, 0) is 18.3 Å². The van der Waals surface area contributed by atoms with E-state index >= 15 is 0 Å². The second-order valence-corrected chi connectivity index (χ2v) is 4.52. The van der Waals surface area contributed by atoms with E-state index in [2.05, 4.69) is 20.8 Å². The van der Waals surface area contributed by atoms with Gasteiger partial charge in [-0.1, -0.05) is 33.6 Å². The van der Waals surface area contributed by atoms with Crippen LogP contribution in [0.3, 0.4) is 0 Å². The summed E-state index contributed by atoms with van der Waals surface area (Å²) >= 11 is 0. The Labute approximate surface area is 96.6 Å². The van der Waals surface area contributed by atoms with Crippen LogP contribution in [0.4, 0.5) is 0 Å². The monoisotopic (exact) mass is 279 g/mol. The fourth-order valence-corrected chi connectivity index (χ4v) is 1.11. The minimum absolute atomic E-state index is 0. The van der Waals surface area contributed by atoms with Crippen LogP contribution >= 0.6 is 0 Å². The summed E-state index contributed by atoms with van der Waals surface area (Å²) in [5.41, 5.74) is 0.392. The Balaban J connectivity index is 0. The third kappa shape index (κ3) is 15.0. The van der Waals surface area contributed by atoms with Gasteiger partial charge < -0.3 is 5.11 Å². The van der Waals surface area contributed by atoms with Gasteiger partial charge in [-0.3, -0.25) is 4.79 Å². The van der Waals surface area contributed by atoms with Crippen molar-refractivity contribution in [3.63, 3.8) is 0 Å². The summed E-state index contributed by atoms with van der Waals surface area (Å²) in [6.45, 7) is 6.64. The number of hydrogen-bond donors (Lipinski definition) is 1. The Hall–Kier alpha value is 0.210. The van der Waals surface area contributed by atoms with Crippen molar-refractivity contribution in [2.24, 2.45) is 5.41 Å². The normalized spacial score (nSPS) is 10.7. The summed E-state index contributed by atoms with van der Waals surface area (Å²) in [6, 6.07) is 0. The molecule has 0 aliphatic heterocycles. The van der Waals surface area contributed by atoms with Crippen LogP contribution < -0.4 is 0 Å². The van der Waals surface area contributed by atoms with Crippen LogP contribution in [-0.2, 0) is 27.2 Å². The van der Waals surface area contributed by atoms with Crippen LogP contribution in [0.1, 0.15) is 52.9 Å². The number of carbonyl (C=O) groups is 1. The maximum absolute atomic E-state index is 10.2. The molecule has 0 saturated heterocycles. The molecule has 3 heteroatoms. The first kappa shape index (κ1) is 15.7. The molecule has 0 aromatic rings. The number of rotatable bonds is 5. The van der Waals surface area contributed by atoms with E-state index in [-0.39, 0.29) is 22.4 Å². The Kier molecular flexibility index (Phi) is 9.16. The van der Waals surface area contributed by atoms with E-state index < -0.39 is 5.97 Å². The molecule has 0 aliphatic carbocycles. The minimum Gasteiger partial charge on any atom is -0.481 e. The molecular formula is C10H20AgO2. The molecular weight excluding hydrogens is 260 g/mol. The first-order chi connectivity index (χ1) is 5.42. The summed E-state index contributed by atoms with van der Waals surface area (Å²) < 4.78 is 0. The predicted molar refractivity (Wildman–Crippen MR) is 50.2 cm³/mol. The zero-order valence-corrected chi connectivity index (χ0v) is 10.2. The average molecular weight is 280 g/mol. The molecule has 0 aromatic carbocycles.